The number of nitrogens with zero attached hydrogens (tertiary/aromatic N) is 2. The Morgan fingerprint density at radius 1 is 1.21 bits per heavy atom. The molecule has 0 spiro atoms. The van der Waals surface area contributed by atoms with Crippen molar-refractivity contribution in [2.45, 2.75) is 26.0 Å². The minimum absolute atomic E-state index is 0.0584. The van der Waals surface area contributed by atoms with E-state index in [1.165, 1.54) is 12.5 Å². The normalized spacial score (nSPS) is 17.0. The topological polar surface area (TPSA) is 80.5 Å². The average Bonchev–Trinajstić information content (AvgIpc) is 3.10. The summed E-state index contributed by atoms with van der Waals surface area (Å²) in [6, 6.07) is 17.7. The maximum atomic E-state index is 11.1. The number of fused-ring (bicyclic) bond motifs is 1. The number of ether oxygens (including phenoxy) is 1. The molecule has 0 unspecified atom stereocenters. The number of amides is 1. The van der Waals surface area contributed by atoms with Gasteiger partial charge >= 0.3 is 0 Å². The monoisotopic (exact) mass is 376 g/mol. The molecule has 1 fully saturated rings. The lowest BCUT2D eigenvalue weighted by atomic mass is 10.2. The molecule has 1 aromatic heterocycles. The number of anilines is 2. The number of carbonyl (C=O) groups is 1. The molecule has 1 aliphatic heterocycles. The van der Waals surface area contributed by atoms with Gasteiger partial charge < -0.3 is 15.8 Å². The number of hydrogen-bond acceptors (Lipinski definition) is 5. The number of rotatable bonds is 5. The van der Waals surface area contributed by atoms with Crippen LogP contribution in [0.4, 0.5) is 11.5 Å². The minimum atomic E-state index is -0.0584. The Morgan fingerprint density at radius 2 is 2.04 bits per heavy atom. The Hall–Kier alpha value is -3.12. The number of aromatic nitrogens is 1. The SMILES string of the molecule is CC(=O)Nc1ccc(CN2CC[C@H](Oc3cccc4ccc(N)nc34)C2)cc1. The summed E-state index contributed by atoms with van der Waals surface area (Å²) >= 11 is 0. The van der Waals surface area contributed by atoms with Crippen LogP contribution in [0, 0.1) is 0 Å². The number of hydrogen-bond donors (Lipinski definition) is 2. The Morgan fingerprint density at radius 3 is 2.82 bits per heavy atom. The van der Waals surface area contributed by atoms with Crippen molar-refractivity contribution >= 4 is 28.3 Å². The zero-order valence-electron chi connectivity index (χ0n) is 15.9. The van der Waals surface area contributed by atoms with E-state index in [2.05, 4.69) is 27.3 Å². The van der Waals surface area contributed by atoms with Crippen LogP contribution in [0.5, 0.6) is 5.75 Å². The molecule has 2 heterocycles. The van der Waals surface area contributed by atoms with Gasteiger partial charge in [0.25, 0.3) is 0 Å². The summed E-state index contributed by atoms with van der Waals surface area (Å²) < 4.78 is 6.27. The smallest absolute Gasteiger partial charge is 0.221 e. The van der Waals surface area contributed by atoms with E-state index in [9.17, 15) is 4.79 Å². The van der Waals surface area contributed by atoms with Crippen molar-refractivity contribution < 1.29 is 9.53 Å². The van der Waals surface area contributed by atoms with Gasteiger partial charge in [-0.15, -0.1) is 0 Å². The lowest BCUT2D eigenvalue weighted by Crippen LogP contribution is -2.24. The van der Waals surface area contributed by atoms with Gasteiger partial charge in [0.2, 0.25) is 5.91 Å². The lowest BCUT2D eigenvalue weighted by molar-refractivity contribution is -0.114. The van der Waals surface area contributed by atoms with Gasteiger partial charge in [0.05, 0.1) is 0 Å². The third-order valence-corrected chi connectivity index (χ3v) is 4.91. The molecular weight excluding hydrogens is 352 g/mol. The predicted octanol–water partition coefficient (Wildman–Crippen LogP) is 3.43. The Bertz CT molecular complexity index is 987. The second-order valence-corrected chi connectivity index (χ2v) is 7.21. The van der Waals surface area contributed by atoms with Crippen LogP contribution < -0.4 is 15.8 Å². The summed E-state index contributed by atoms with van der Waals surface area (Å²) in [6.45, 7) is 4.23. The number of likely N-dealkylation sites (tertiary alicyclic amines) is 1. The first-order chi connectivity index (χ1) is 13.6. The van der Waals surface area contributed by atoms with Gasteiger partial charge in [-0.1, -0.05) is 24.3 Å². The zero-order chi connectivity index (χ0) is 19.5. The number of benzene rings is 2. The van der Waals surface area contributed by atoms with Crippen LogP contribution >= 0.6 is 0 Å². The van der Waals surface area contributed by atoms with Crippen LogP contribution in [0.1, 0.15) is 18.9 Å². The minimum Gasteiger partial charge on any atom is -0.487 e. The number of nitrogen functional groups attached to an aromatic ring is 1. The average molecular weight is 376 g/mol. The third kappa shape index (κ3) is 4.23. The van der Waals surface area contributed by atoms with Crippen molar-refractivity contribution in [3.8, 4) is 5.75 Å². The van der Waals surface area contributed by atoms with Gasteiger partial charge in [-0.3, -0.25) is 9.69 Å². The molecular formula is C22H24N4O2. The molecule has 6 nitrogen and oxygen atoms in total. The maximum Gasteiger partial charge on any atom is 0.221 e. The van der Waals surface area contributed by atoms with Crippen molar-refractivity contribution in [1.82, 2.24) is 9.88 Å². The highest BCUT2D eigenvalue weighted by molar-refractivity contribution is 5.88. The third-order valence-electron chi connectivity index (χ3n) is 4.91. The van der Waals surface area contributed by atoms with E-state index in [4.69, 9.17) is 10.5 Å². The number of nitrogens with one attached hydrogen (secondary N) is 1. The molecule has 1 atom stereocenters. The van der Waals surface area contributed by atoms with E-state index in [0.717, 1.165) is 48.4 Å². The first kappa shape index (κ1) is 18.3. The molecule has 1 aliphatic rings. The van der Waals surface area contributed by atoms with Crippen LogP contribution in [0.2, 0.25) is 0 Å². The fraction of sp³-hybridized carbons (Fsp3) is 0.273. The Labute approximate surface area is 164 Å². The summed E-state index contributed by atoms with van der Waals surface area (Å²) in [7, 11) is 0. The van der Waals surface area contributed by atoms with Crippen molar-refractivity contribution in [2.24, 2.45) is 0 Å². The van der Waals surface area contributed by atoms with E-state index in [-0.39, 0.29) is 12.0 Å². The first-order valence-corrected chi connectivity index (χ1v) is 9.47. The molecule has 144 valence electrons. The molecule has 0 saturated carbocycles. The maximum absolute atomic E-state index is 11.1. The van der Waals surface area contributed by atoms with Crippen LogP contribution in [0.15, 0.2) is 54.6 Å². The second kappa shape index (κ2) is 7.86. The highest BCUT2D eigenvalue weighted by atomic mass is 16.5. The van der Waals surface area contributed by atoms with E-state index < -0.39 is 0 Å². The molecule has 1 saturated heterocycles. The van der Waals surface area contributed by atoms with E-state index >= 15 is 0 Å². The van der Waals surface area contributed by atoms with Gasteiger partial charge in [-0.05, 0) is 42.3 Å². The molecule has 3 N–H and O–H groups in total. The van der Waals surface area contributed by atoms with Crippen molar-refractivity contribution in [3.05, 3.63) is 60.2 Å². The standard InChI is InChI=1S/C22H24N4O2/c1-15(27)24-18-8-5-16(6-9-18)13-26-12-11-19(14-26)28-20-4-2-3-17-7-10-21(23)25-22(17)20/h2-10,19H,11-14H2,1H3,(H2,23,25)(H,24,27)/t19-/m0/s1. The summed E-state index contributed by atoms with van der Waals surface area (Å²) in [5.74, 6) is 1.23. The Balaban J connectivity index is 1.38. The molecule has 1 amide bonds. The molecule has 0 bridgehead atoms. The summed E-state index contributed by atoms with van der Waals surface area (Å²) in [5.41, 5.74) is 8.70. The van der Waals surface area contributed by atoms with Crippen LogP contribution in [0.25, 0.3) is 10.9 Å². The van der Waals surface area contributed by atoms with E-state index in [0.29, 0.717) is 5.82 Å². The summed E-state index contributed by atoms with van der Waals surface area (Å²) in [5, 5.41) is 3.82. The van der Waals surface area contributed by atoms with Crippen molar-refractivity contribution in [1.29, 1.82) is 0 Å². The van der Waals surface area contributed by atoms with Crippen molar-refractivity contribution in [3.63, 3.8) is 0 Å². The fourth-order valence-electron chi connectivity index (χ4n) is 3.60. The molecule has 4 rings (SSSR count). The van der Waals surface area contributed by atoms with Crippen LogP contribution in [-0.2, 0) is 11.3 Å². The highest BCUT2D eigenvalue weighted by Gasteiger charge is 2.24. The second-order valence-electron chi connectivity index (χ2n) is 7.21. The molecule has 0 aliphatic carbocycles. The predicted molar refractivity (Wildman–Crippen MR) is 111 cm³/mol. The largest absolute Gasteiger partial charge is 0.487 e. The number of pyridine rings is 1. The van der Waals surface area contributed by atoms with Gasteiger partial charge in [0.15, 0.2) is 0 Å². The summed E-state index contributed by atoms with van der Waals surface area (Å²) in [4.78, 5) is 17.9. The molecule has 28 heavy (non-hydrogen) atoms. The van der Waals surface area contributed by atoms with Crippen LogP contribution in [-0.4, -0.2) is 35.0 Å². The van der Waals surface area contributed by atoms with E-state index in [1.807, 2.05) is 36.4 Å². The Kier molecular flexibility index (Phi) is 5.12. The van der Waals surface area contributed by atoms with Gasteiger partial charge in [0, 0.05) is 37.6 Å². The van der Waals surface area contributed by atoms with Crippen LogP contribution in [0.3, 0.4) is 0 Å². The summed E-state index contributed by atoms with van der Waals surface area (Å²) in [6.07, 6.45) is 1.11. The molecule has 6 heteroatoms. The molecule has 2 aromatic carbocycles. The van der Waals surface area contributed by atoms with Gasteiger partial charge in [-0.2, -0.15) is 0 Å². The number of para-hydroxylation sites is 1. The first-order valence-electron chi connectivity index (χ1n) is 9.47. The van der Waals surface area contributed by atoms with Crippen molar-refractivity contribution in [2.75, 3.05) is 24.1 Å². The quantitative estimate of drug-likeness (QED) is 0.713. The highest BCUT2D eigenvalue weighted by Crippen LogP contribution is 2.27. The van der Waals surface area contributed by atoms with E-state index in [1.54, 1.807) is 6.07 Å². The zero-order valence-corrected chi connectivity index (χ0v) is 15.9. The van der Waals surface area contributed by atoms with Gasteiger partial charge in [0.1, 0.15) is 23.2 Å². The molecule has 3 aromatic rings. The lowest BCUT2D eigenvalue weighted by Gasteiger charge is -2.18. The number of nitrogens with two attached hydrogens (primary N) is 1. The van der Waals surface area contributed by atoms with Gasteiger partial charge in [-0.25, -0.2) is 4.98 Å². The number of carbonyl (C=O) groups excluding carboxylic acids is 1. The fourth-order valence-corrected chi connectivity index (χ4v) is 3.60. The molecule has 0 radical (unpaired) electrons.